The van der Waals surface area contributed by atoms with E-state index in [1.807, 2.05) is 0 Å². The van der Waals surface area contributed by atoms with Crippen LogP contribution in [0.5, 0.6) is 5.75 Å². The Morgan fingerprint density at radius 2 is 1.70 bits per heavy atom. The molecular formula is C20H22F3N3O4. The first-order valence-corrected chi connectivity index (χ1v) is 9.07. The van der Waals surface area contributed by atoms with Crippen LogP contribution in [0.1, 0.15) is 12.0 Å². The van der Waals surface area contributed by atoms with E-state index in [1.54, 1.807) is 12.1 Å². The quantitative estimate of drug-likeness (QED) is 0.314. The lowest BCUT2D eigenvalue weighted by molar-refractivity contribution is -0.0287. The predicted octanol–water partition coefficient (Wildman–Crippen LogP) is 4.14. The van der Waals surface area contributed by atoms with Gasteiger partial charge in [0.05, 0.1) is 38.1 Å². The van der Waals surface area contributed by atoms with E-state index in [-0.39, 0.29) is 37.8 Å². The van der Waals surface area contributed by atoms with Gasteiger partial charge in [-0.05, 0) is 23.2 Å². The summed E-state index contributed by atoms with van der Waals surface area (Å²) in [6, 6.07) is 7.47. The monoisotopic (exact) mass is 425 g/mol. The van der Waals surface area contributed by atoms with Crippen LogP contribution in [0, 0.1) is 17.5 Å². The molecule has 162 valence electrons. The van der Waals surface area contributed by atoms with Crippen LogP contribution in [0.15, 0.2) is 47.6 Å². The summed E-state index contributed by atoms with van der Waals surface area (Å²) < 4.78 is 55.5. The molecule has 3 atom stereocenters. The first-order valence-electron chi connectivity index (χ1n) is 9.07. The van der Waals surface area contributed by atoms with Gasteiger partial charge >= 0.3 is 0 Å². The normalized spacial score (nSPS) is 13.9. The molecule has 2 aromatic rings. The van der Waals surface area contributed by atoms with E-state index in [0.717, 1.165) is 17.7 Å². The molecule has 2 aromatic carbocycles. The average molecular weight is 425 g/mol. The Hall–Kier alpha value is -2.78. The van der Waals surface area contributed by atoms with Crippen LogP contribution in [-0.4, -0.2) is 43.7 Å². The lowest BCUT2D eigenvalue weighted by Gasteiger charge is -2.23. The van der Waals surface area contributed by atoms with E-state index in [9.17, 15) is 18.3 Å². The molecule has 0 spiro atoms. The Morgan fingerprint density at radius 1 is 1.03 bits per heavy atom. The zero-order chi connectivity index (χ0) is 21.9. The highest BCUT2D eigenvalue weighted by atomic mass is 19.1. The van der Waals surface area contributed by atoms with Crippen molar-refractivity contribution in [3.8, 4) is 5.75 Å². The van der Waals surface area contributed by atoms with Crippen molar-refractivity contribution in [1.29, 1.82) is 0 Å². The van der Waals surface area contributed by atoms with E-state index in [0.29, 0.717) is 6.07 Å². The highest BCUT2D eigenvalue weighted by Gasteiger charge is 2.23. The second-order valence-corrected chi connectivity index (χ2v) is 6.49. The van der Waals surface area contributed by atoms with Crippen LogP contribution in [0.3, 0.4) is 0 Å². The average Bonchev–Trinajstić information content (AvgIpc) is 2.71. The maximum atomic E-state index is 13.2. The molecule has 0 amide bonds. The van der Waals surface area contributed by atoms with Gasteiger partial charge in [-0.3, -0.25) is 0 Å². The highest BCUT2D eigenvalue weighted by molar-refractivity contribution is 5.23. The van der Waals surface area contributed by atoms with Crippen LogP contribution >= 0.6 is 0 Å². The van der Waals surface area contributed by atoms with E-state index in [4.69, 9.17) is 19.7 Å². The van der Waals surface area contributed by atoms with Gasteiger partial charge in [0.2, 0.25) is 0 Å². The van der Waals surface area contributed by atoms with Crippen LogP contribution < -0.4 is 4.74 Å². The Bertz CT molecular complexity index is 827. The molecule has 0 aliphatic rings. The third-order valence-corrected chi connectivity index (χ3v) is 4.22. The summed E-state index contributed by atoms with van der Waals surface area (Å²) in [7, 11) is 1.44. The number of aliphatic hydroxyl groups excluding tert-OH is 1. The molecule has 1 N–H and O–H groups in total. The molecule has 2 rings (SSSR count). The molecule has 0 radical (unpaired) electrons. The van der Waals surface area contributed by atoms with Crippen molar-refractivity contribution in [2.24, 2.45) is 5.11 Å². The van der Waals surface area contributed by atoms with Gasteiger partial charge in [-0.25, -0.2) is 13.2 Å². The molecule has 10 heteroatoms. The number of rotatable bonds is 12. The van der Waals surface area contributed by atoms with Crippen molar-refractivity contribution in [2.45, 2.75) is 31.3 Å². The third-order valence-electron chi connectivity index (χ3n) is 4.22. The smallest absolute Gasteiger partial charge is 0.129 e. The molecule has 7 nitrogen and oxygen atoms in total. The second kappa shape index (κ2) is 12.0. The maximum absolute atomic E-state index is 13.2. The van der Waals surface area contributed by atoms with E-state index in [2.05, 4.69) is 10.0 Å². The Kier molecular flexibility index (Phi) is 9.43. The lowest BCUT2D eigenvalue weighted by Crippen LogP contribution is -2.35. The van der Waals surface area contributed by atoms with Crippen LogP contribution in [0.2, 0.25) is 0 Å². The van der Waals surface area contributed by atoms with Crippen molar-refractivity contribution in [3.05, 3.63) is 75.9 Å². The molecule has 0 unspecified atom stereocenters. The fourth-order valence-electron chi connectivity index (χ4n) is 2.63. The minimum absolute atomic E-state index is 0.0600. The van der Waals surface area contributed by atoms with Crippen molar-refractivity contribution in [1.82, 2.24) is 0 Å². The highest BCUT2D eigenvalue weighted by Crippen LogP contribution is 2.18. The topological polar surface area (TPSA) is 96.7 Å². The van der Waals surface area contributed by atoms with E-state index in [1.165, 1.54) is 19.2 Å². The molecule has 30 heavy (non-hydrogen) atoms. The predicted molar refractivity (Wildman–Crippen MR) is 102 cm³/mol. The number of hydrogen-bond donors (Lipinski definition) is 1. The van der Waals surface area contributed by atoms with Crippen LogP contribution in [0.25, 0.3) is 10.4 Å². The van der Waals surface area contributed by atoms with Crippen molar-refractivity contribution < 1.29 is 32.5 Å². The van der Waals surface area contributed by atoms with Gasteiger partial charge in [0, 0.05) is 36.6 Å². The number of methoxy groups -OCH3 is 1. The van der Waals surface area contributed by atoms with Crippen molar-refractivity contribution in [3.63, 3.8) is 0 Å². The fraction of sp³-hybridized carbons (Fsp3) is 0.400. The van der Waals surface area contributed by atoms with Gasteiger partial charge in [0.25, 0.3) is 0 Å². The Labute approximate surface area is 171 Å². The largest absolute Gasteiger partial charge is 0.493 e. The van der Waals surface area contributed by atoms with Gasteiger partial charge in [-0.2, -0.15) is 0 Å². The number of ether oxygens (including phenoxy) is 3. The molecular weight excluding hydrogens is 403 g/mol. The number of nitrogens with zero attached hydrogens (tertiary/aromatic N) is 3. The minimum Gasteiger partial charge on any atom is -0.493 e. The number of hydrogen-bond acceptors (Lipinski definition) is 5. The van der Waals surface area contributed by atoms with Crippen molar-refractivity contribution in [2.75, 3.05) is 20.3 Å². The van der Waals surface area contributed by atoms with Crippen molar-refractivity contribution >= 4 is 0 Å². The molecule has 0 aliphatic heterocycles. The Morgan fingerprint density at radius 3 is 2.30 bits per heavy atom. The number of benzene rings is 2. The Balaban J connectivity index is 1.87. The summed E-state index contributed by atoms with van der Waals surface area (Å²) in [4.78, 5) is 2.68. The zero-order valence-corrected chi connectivity index (χ0v) is 16.2. The SMILES string of the molecule is CO[C@@H](COCc1ccc(F)cc1)C[C@H](O)[C@H](COc1cc(F)cc(F)c1)N=[N+]=[N-]. The summed E-state index contributed by atoms with van der Waals surface area (Å²) >= 11 is 0. The molecule has 0 aromatic heterocycles. The summed E-state index contributed by atoms with van der Waals surface area (Å²) in [5.74, 6) is -2.07. The molecule has 0 bridgehead atoms. The molecule has 0 aliphatic carbocycles. The summed E-state index contributed by atoms with van der Waals surface area (Å²) in [5, 5.41) is 13.9. The van der Waals surface area contributed by atoms with Gasteiger partial charge in [-0.1, -0.05) is 17.2 Å². The maximum Gasteiger partial charge on any atom is 0.129 e. The van der Waals surface area contributed by atoms with E-state index < -0.39 is 29.9 Å². The van der Waals surface area contributed by atoms with Gasteiger partial charge < -0.3 is 19.3 Å². The summed E-state index contributed by atoms with van der Waals surface area (Å²) in [6.45, 7) is 0.0646. The van der Waals surface area contributed by atoms with Gasteiger partial charge in [-0.15, -0.1) is 0 Å². The second-order valence-electron chi connectivity index (χ2n) is 6.49. The van der Waals surface area contributed by atoms with E-state index >= 15 is 0 Å². The standard InChI is InChI=1S/C20H22F3N3O4/c1-28-18(11-29-10-13-2-4-14(21)5-3-13)9-20(27)19(25-26-24)12-30-17-7-15(22)6-16(23)8-17/h2-8,18-20,27H,9-12H2,1H3/t18-,19+,20+/m1/s1. The zero-order valence-electron chi connectivity index (χ0n) is 16.2. The molecule has 0 saturated heterocycles. The third kappa shape index (κ3) is 7.92. The fourth-order valence-corrected chi connectivity index (χ4v) is 2.63. The summed E-state index contributed by atoms with van der Waals surface area (Å²) in [6.07, 6.45) is -1.62. The number of aliphatic hydroxyl groups is 1. The summed E-state index contributed by atoms with van der Waals surface area (Å²) in [5.41, 5.74) is 9.51. The first-order chi connectivity index (χ1) is 14.4. The number of halogens is 3. The number of azide groups is 1. The molecule has 0 fully saturated rings. The molecule has 0 saturated carbocycles. The van der Waals surface area contributed by atoms with Gasteiger partial charge in [0.15, 0.2) is 0 Å². The minimum atomic E-state index is -1.15. The van der Waals surface area contributed by atoms with Crippen LogP contribution in [-0.2, 0) is 16.1 Å². The first kappa shape index (κ1) is 23.5. The lowest BCUT2D eigenvalue weighted by atomic mass is 10.1. The van der Waals surface area contributed by atoms with Crippen LogP contribution in [0.4, 0.5) is 13.2 Å². The van der Waals surface area contributed by atoms with Gasteiger partial charge in [0.1, 0.15) is 23.2 Å². The molecule has 0 heterocycles.